The highest BCUT2D eigenvalue weighted by Crippen LogP contribution is 2.18. The van der Waals surface area contributed by atoms with Gasteiger partial charge in [-0.05, 0) is 24.3 Å². The smallest absolute Gasteiger partial charge is 0.142 e. The zero-order valence-corrected chi connectivity index (χ0v) is 7.68. The van der Waals surface area contributed by atoms with Gasteiger partial charge in [0.2, 0.25) is 0 Å². The molecule has 60 valence electrons. The van der Waals surface area contributed by atoms with Crippen LogP contribution in [0, 0.1) is 5.82 Å². The summed E-state index contributed by atoms with van der Waals surface area (Å²) < 4.78 is 13.6. The number of halogens is 2. The summed E-state index contributed by atoms with van der Waals surface area (Å²) in [6.07, 6.45) is 1.22. The molecular weight excluding hydrogens is 221 g/mol. The highest BCUT2D eigenvalue weighted by Gasteiger charge is 1.96. The van der Waals surface area contributed by atoms with Gasteiger partial charge in [-0.15, -0.1) is 0 Å². The SMILES string of the molecule is Fc1cnc2ccc(Br)cc2c1. The Kier molecular flexibility index (Phi) is 1.81. The van der Waals surface area contributed by atoms with Gasteiger partial charge in [0.15, 0.2) is 0 Å². The van der Waals surface area contributed by atoms with Gasteiger partial charge in [-0.1, -0.05) is 15.9 Å². The molecule has 0 atom stereocenters. The highest BCUT2D eigenvalue weighted by molar-refractivity contribution is 9.10. The summed E-state index contributed by atoms with van der Waals surface area (Å²) in [6.45, 7) is 0. The van der Waals surface area contributed by atoms with Gasteiger partial charge < -0.3 is 0 Å². The Morgan fingerprint density at radius 3 is 2.92 bits per heavy atom. The van der Waals surface area contributed by atoms with Crippen molar-refractivity contribution in [1.82, 2.24) is 4.98 Å². The van der Waals surface area contributed by atoms with E-state index in [1.165, 1.54) is 12.3 Å². The molecule has 12 heavy (non-hydrogen) atoms. The molecule has 3 heteroatoms. The minimum atomic E-state index is -0.305. The summed E-state index contributed by atoms with van der Waals surface area (Å²) >= 11 is 3.31. The molecule has 0 spiro atoms. The van der Waals surface area contributed by atoms with Crippen LogP contribution < -0.4 is 0 Å². The number of fused-ring (bicyclic) bond motifs is 1. The summed E-state index contributed by atoms with van der Waals surface area (Å²) in [5.74, 6) is -0.305. The van der Waals surface area contributed by atoms with Crippen LogP contribution in [0.15, 0.2) is 34.9 Å². The highest BCUT2D eigenvalue weighted by atomic mass is 79.9. The summed E-state index contributed by atoms with van der Waals surface area (Å²) in [7, 11) is 0. The molecule has 1 aromatic heterocycles. The molecule has 2 aromatic rings. The molecule has 0 radical (unpaired) electrons. The molecule has 1 nitrogen and oxygen atoms in total. The Morgan fingerprint density at radius 1 is 1.25 bits per heavy atom. The minimum Gasteiger partial charge on any atom is -0.253 e. The second kappa shape index (κ2) is 2.83. The molecule has 0 bridgehead atoms. The van der Waals surface area contributed by atoms with E-state index in [-0.39, 0.29) is 5.82 Å². The molecule has 2 rings (SSSR count). The summed E-state index contributed by atoms with van der Waals surface area (Å²) in [5.41, 5.74) is 0.805. The average molecular weight is 226 g/mol. The van der Waals surface area contributed by atoms with Crippen molar-refractivity contribution in [3.05, 3.63) is 40.8 Å². The molecular formula is C9H5BrFN. The van der Waals surface area contributed by atoms with Crippen molar-refractivity contribution in [3.8, 4) is 0 Å². The zero-order valence-electron chi connectivity index (χ0n) is 6.09. The van der Waals surface area contributed by atoms with E-state index in [0.29, 0.717) is 0 Å². The maximum Gasteiger partial charge on any atom is 0.142 e. The van der Waals surface area contributed by atoms with E-state index >= 15 is 0 Å². The van der Waals surface area contributed by atoms with Crippen LogP contribution in [0.2, 0.25) is 0 Å². The van der Waals surface area contributed by atoms with Gasteiger partial charge in [-0.3, -0.25) is 4.98 Å². The molecule has 0 unspecified atom stereocenters. The number of nitrogens with zero attached hydrogens (tertiary/aromatic N) is 1. The standard InChI is InChI=1S/C9H5BrFN/c10-7-1-2-9-6(3-7)4-8(11)5-12-9/h1-5H. The lowest BCUT2D eigenvalue weighted by atomic mass is 10.2. The quantitative estimate of drug-likeness (QED) is 0.672. The fourth-order valence-electron chi connectivity index (χ4n) is 1.08. The van der Waals surface area contributed by atoms with E-state index in [2.05, 4.69) is 20.9 Å². The van der Waals surface area contributed by atoms with Crippen LogP contribution >= 0.6 is 15.9 Å². The van der Waals surface area contributed by atoms with Crippen molar-refractivity contribution in [2.45, 2.75) is 0 Å². The molecule has 0 amide bonds. The van der Waals surface area contributed by atoms with E-state index in [1.807, 2.05) is 18.2 Å². The van der Waals surface area contributed by atoms with Gasteiger partial charge in [0.1, 0.15) is 5.82 Å². The molecule has 0 aliphatic rings. The fourth-order valence-corrected chi connectivity index (χ4v) is 1.45. The van der Waals surface area contributed by atoms with E-state index in [0.717, 1.165) is 15.4 Å². The van der Waals surface area contributed by atoms with Gasteiger partial charge in [-0.25, -0.2) is 4.39 Å². The van der Waals surface area contributed by atoms with Crippen molar-refractivity contribution in [2.24, 2.45) is 0 Å². The van der Waals surface area contributed by atoms with Crippen molar-refractivity contribution < 1.29 is 4.39 Å². The van der Waals surface area contributed by atoms with Crippen LogP contribution in [0.4, 0.5) is 4.39 Å². The van der Waals surface area contributed by atoms with Crippen LogP contribution in [0.25, 0.3) is 10.9 Å². The van der Waals surface area contributed by atoms with E-state index < -0.39 is 0 Å². The Morgan fingerprint density at radius 2 is 2.08 bits per heavy atom. The predicted molar refractivity (Wildman–Crippen MR) is 49.4 cm³/mol. The maximum atomic E-state index is 12.7. The fraction of sp³-hybridized carbons (Fsp3) is 0. The third kappa shape index (κ3) is 1.32. The summed E-state index contributed by atoms with van der Waals surface area (Å²) in [5, 5.41) is 0.810. The van der Waals surface area contributed by atoms with Crippen molar-refractivity contribution in [2.75, 3.05) is 0 Å². The van der Waals surface area contributed by atoms with Crippen LogP contribution in [0.5, 0.6) is 0 Å². The van der Waals surface area contributed by atoms with E-state index in [4.69, 9.17) is 0 Å². The first-order chi connectivity index (χ1) is 5.75. The zero-order chi connectivity index (χ0) is 8.55. The molecule has 0 N–H and O–H groups in total. The van der Waals surface area contributed by atoms with Gasteiger partial charge in [0.25, 0.3) is 0 Å². The molecule has 1 heterocycles. The molecule has 1 aromatic carbocycles. The molecule has 0 aliphatic carbocycles. The third-order valence-electron chi connectivity index (χ3n) is 1.61. The maximum absolute atomic E-state index is 12.7. The predicted octanol–water partition coefficient (Wildman–Crippen LogP) is 3.14. The molecule has 0 aliphatic heterocycles. The number of pyridine rings is 1. The Hall–Kier alpha value is -0.960. The number of benzene rings is 1. The minimum absolute atomic E-state index is 0.305. The second-order valence-corrected chi connectivity index (χ2v) is 3.41. The first-order valence-corrected chi connectivity index (χ1v) is 4.26. The lowest BCUT2D eigenvalue weighted by Gasteiger charge is -1.96. The van der Waals surface area contributed by atoms with Crippen LogP contribution in [-0.2, 0) is 0 Å². The van der Waals surface area contributed by atoms with Gasteiger partial charge in [-0.2, -0.15) is 0 Å². The number of rotatable bonds is 0. The van der Waals surface area contributed by atoms with Gasteiger partial charge >= 0.3 is 0 Å². The Balaban J connectivity index is 2.80. The average Bonchev–Trinajstić information content (AvgIpc) is 2.03. The number of aromatic nitrogens is 1. The summed E-state index contributed by atoms with van der Waals surface area (Å²) in [6, 6.07) is 7.03. The Bertz CT molecular complexity index is 391. The Labute approximate surface area is 77.4 Å². The largest absolute Gasteiger partial charge is 0.253 e. The summed E-state index contributed by atoms with van der Waals surface area (Å²) in [4.78, 5) is 3.93. The van der Waals surface area contributed by atoms with Crippen molar-refractivity contribution in [3.63, 3.8) is 0 Å². The van der Waals surface area contributed by atoms with Gasteiger partial charge in [0.05, 0.1) is 11.7 Å². The lowest BCUT2D eigenvalue weighted by molar-refractivity contribution is 0.624. The number of hydrogen-bond donors (Lipinski definition) is 0. The first-order valence-electron chi connectivity index (χ1n) is 3.46. The van der Waals surface area contributed by atoms with E-state index in [1.54, 1.807) is 0 Å². The van der Waals surface area contributed by atoms with Crippen LogP contribution in [0.1, 0.15) is 0 Å². The monoisotopic (exact) mass is 225 g/mol. The van der Waals surface area contributed by atoms with Crippen molar-refractivity contribution in [1.29, 1.82) is 0 Å². The lowest BCUT2D eigenvalue weighted by Crippen LogP contribution is -1.80. The topological polar surface area (TPSA) is 12.9 Å². The van der Waals surface area contributed by atoms with Crippen molar-refractivity contribution >= 4 is 26.8 Å². The van der Waals surface area contributed by atoms with Crippen LogP contribution in [0.3, 0.4) is 0 Å². The molecule has 0 fully saturated rings. The number of hydrogen-bond acceptors (Lipinski definition) is 1. The molecule has 0 saturated carbocycles. The second-order valence-electron chi connectivity index (χ2n) is 2.49. The first kappa shape index (κ1) is 7.68. The van der Waals surface area contributed by atoms with Gasteiger partial charge in [0, 0.05) is 9.86 Å². The third-order valence-corrected chi connectivity index (χ3v) is 2.10. The normalized spacial score (nSPS) is 10.5. The van der Waals surface area contributed by atoms with Crippen LogP contribution in [-0.4, -0.2) is 4.98 Å². The molecule has 0 saturated heterocycles. The van der Waals surface area contributed by atoms with E-state index in [9.17, 15) is 4.39 Å².